The molecule has 0 aliphatic heterocycles. The van der Waals surface area contributed by atoms with Crippen molar-refractivity contribution in [3.05, 3.63) is 22.6 Å². The Hall–Kier alpha value is -0.720. The molecule has 0 spiro atoms. The fraction of sp³-hybridized carbons (Fsp3) is 0.778. The van der Waals surface area contributed by atoms with Crippen molar-refractivity contribution in [3.8, 4) is 0 Å². The molecule has 0 bridgehead atoms. The maximum Gasteiger partial charge on any atom is 0.113 e. The van der Waals surface area contributed by atoms with E-state index in [1.165, 1.54) is 30.8 Å². The molecule has 1 unspecified atom stereocenters. The molecular weight excluding hydrogens is 232 g/mol. The average molecular weight is 260 g/mol. The highest BCUT2D eigenvalue weighted by Crippen LogP contribution is 2.59. The molecule has 1 heteroatoms. The van der Waals surface area contributed by atoms with Crippen molar-refractivity contribution >= 4 is 0 Å². The number of hydrogen-bond acceptors (Lipinski definition) is 1. The predicted octanol–water partition coefficient (Wildman–Crippen LogP) is 5.41. The number of furan rings is 1. The van der Waals surface area contributed by atoms with E-state index in [1.54, 1.807) is 11.1 Å². The summed E-state index contributed by atoms with van der Waals surface area (Å²) in [6.45, 7) is 16.3. The lowest BCUT2D eigenvalue weighted by molar-refractivity contribution is 0.270. The molecule has 0 aromatic carbocycles. The third-order valence-electron chi connectivity index (χ3n) is 5.20. The highest BCUT2D eigenvalue weighted by atomic mass is 16.3. The van der Waals surface area contributed by atoms with Gasteiger partial charge in [-0.1, -0.05) is 48.5 Å². The van der Waals surface area contributed by atoms with Gasteiger partial charge in [-0.3, -0.25) is 0 Å². The van der Waals surface area contributed by atoms with Crippen LogP contribution in [0.3, 0.4) is 0 Å². The van der Waals surface area contributed by atoms with Gasteiger partial charge in [0.2, 0.25) is 0 Å². The van der Waals surface area contributed by atoms with Gasteiger partial charge < -0.3 is 4.42 Å². The van der Waals surface area contributed by atoms with Crippen molar-refractivity contribution < 1.29 is 4.42 Å². The zero-order valence-electron chi connectivity index (χ0n) is 13.6. The molecule has 0 N–H and O–H groups in total. The second-order valence-electron chi connectivity index (χ2n) is 9.01. The minimum absolute atomic E-state index is 0.106. The molecule has 19 heavy (non-hydrogen) atoms. The lowest BCUT2D eigenvalue weighted by Gasteiger charge is -2.32. The Labute approximate surface area is 117 Å². The van der Waals surface area contributed by atoms with Gasteiger partial charge in [0, 0.05) is 22.0 Å². The van der Waals surface area contributed by atoms with Gasteiger partial charge in [-0.2, -0.15) is 0 Å². The van der Waals surface area contributed by atoms with Crippen LogP contribution in [0, 0.1) is 0 Å². The van der Waals surface area contributed by atoms with Crippen molar-refractivity contribution in [1.29, 1.82) is 0 Å². The Morgan fingerprint density at radius 3 is 2.26 bits per heavy atom. The molecule has 2 aliphatic rings. The van der Waals surface area contributed by atoms with Crippen molar-refractivity contribution in [2.75, 3.05) is 0 Å². The molecule has 0 fully saturated rings. The summed E-state index contributed by atoms with van der Waals surface area (Å²) < 4.78 is 6.47. The standard InChI is InChI=1S/C18H28O/c1-16(2,3)15-13-12-11(10-18(13,6)7)8-9-17(4,5)14(12)19-15/h11H,8-10H2,1-7H3. The van der Waals surface area contributed by atoms with E-state index in [4.69, 9.17) is 4.42 Å². The average Bonchev–Trinajstić information content (AvgIpc) is 2.73. The largest absolute Gasteiger partial charge is 0.464 e. The fourth-order valence-corrected chi connectivity index (χ4v) is 4.25. The van der Waals surface area contributed by atoms with E-state index >= 15 is 0 Å². The molecule has 1 aromatic rings. The SMILES string of the molecule is CC(C)(C)c1oc2c3c1C(C)(C)CC3CCC2(C)C. The van der Waals surface area contributed by atoms with E-state index in [2.05, 4.69) is 48.5 Å². The third-order valence-corrected chi connectivity index (χ3v) is 5.20. The van der Waals surface area contributed by atoms with Crippen molar-refractivity contribution in [2.45, 2.75) is 89.9 Å². The maximum absolute atomic E-state index is 6.47. The van der Waals surface area contributed by atoms with Crippen molar-refractivity contribution in [2.24, 2.45) is 0 Å². The molecule has 1 aromatic heterocycles. The molecule has 3 rings (SSSR count). The monoisotopic (exact) mass is 260 g/mol. The molecule has 0 saturated carbocycles. The van der Waals surface area contributed by atoms with E-state index < -0.39 is 0 Å². The van der Waals surface area contributed by atoms with Gasteiger partial charge in [-0.05, 0) is 30.6 Å². The second kappa shape index (κ2) is 3.48. The Morgan fingerprint density at radius 1 is 1.05 bits per heavy atom. The molecule has 106 valence electrons. The molecule has 1 atom stereocenters. The lowest BCUT2D eigenvalue weighted by atomic mass is 9.73. The summed E-state index contributed by atoms with van der Waals surface area (Å²) in [6, 6.07) is 0. The fourth-order valence-electron chi connectivity index (χ4n) is 4.25. The highest BCUT2D eigenvalue weighted by molar-refractivity contribution is 5.51. The summed E-state index contributed by atoms with van der Waals surface area (Å²) in [5, 5.41) is 0. The first-order valence-electron chi connectivity index (χ1n) is 7.72. The smallest absolute Gasteiger partial charge is 0.113 e. The first-order chi connectivity index (χ1) is 8.54. The first kappa shape index (κ1) is 13.3. The third kappa shape index (κ3) is 1.73. The molecule has 0 amide bonds. The van der Waals surface area contributed by atoms with E-state index in [0.29, 0.717) is 0 Å². The van der Waals surface area contributed by atoms with Crippen LogP contribution >= 0.6 is 0 Å². The summed E-state index contributed by atoms with van der Waals surface area (Å²) >= 11 is 0. The van der Waals surface area contributed by atoms with Crippen LogP contribution in [-0.4, -0.2) is 0 Å². The summed E-state index contributed by atoms with van der Waals surface area (Å²) in [7, 11) is 0. The molecule has 1 heterocycles. The molecule has 1 nitrogen and oxygen atoms in total. The summed E-state index contributed by atoms with van der Waals surface area (Å²) in [5.41, 5.74) is 3.74. The van der Waals surface area contributed by atoms with Gasteiger partial charge in [0.1, 0.15) is 11.5 Å². The van der Waals surface area contributed by atoms with Crippen LogP contribution in [0.2, 0.25) is 0 Å². The summed E-state index contributed by atoms with van der Waals surface area (Å²) in [5.74, 6) is 3.29. The van der Waals surface area contributed by atoms with E-state index in [1.807, 2.05) is 0 Å². The molecule has 2 aliphatic carbocycles. The van der Waals surface area contributed by atoms with Crippen LogP contribution in [0.25, 0.3) is 0 Å². The van der Waals surface area contributed by atoms with Gasteiger partial charge >= 0.3 is 0 Å². The summed E-state index contributed by atoms with van der Waals surface area (Å²) in [4.78, 5) is 0. The van der Waals surface area contributed by atoms with E-state index in [9.17, 15) is 0 Å². The van der Waals surface area contributed by atoms with Crippen molar-refractivity contribution in [1.82, 2.24) is 0 Å². The molecular formula is C18H28O. The van der Waals surface area contributed by atoms with Gasteiger partial charge in [0.25, 0.3) is 0 Å². The first-order valence-corrected chi connectivity index (χ1v) is 7.72. The second-order valence-corrected chi connectivity index (χ2v) is 9.01. The molecule has 0 saturated heterocycles. The normalized spacial score (nSPS) is 27.4. The minimum atomic E-state index is 0.106. The van der Waals surface area contributed by atoms with Crippen LogP contribution in [0.1, 0.15) is 96.3 Å². The van der Waals surface area contributed by atoms with Crippen LogP contribution in [-0.2, 0) is 16.2 Å². The maximum atomic E-state index is 6.47. The lowest BCUT2D eigenvalue weighted by Crippen LogP contribution is -2.24. The van der Waals surface area contributed by atoms with Gasteiger partial charge in [0.15, 0.2) is 0 Å². The van der Waals surface area contributed by atoms with E-state index in [0.717, 1.165) is 5.92 Å². The Balaban J connectivity index is 2.31. The Kier molecular flexibility index (Phi) is 2.43. The van der Waals surface area contributed by atoms with Crippen LogP contribution < -0.4 is 0 Å². The zero-order chi connectivity index (χ0) is 14.2. The van der Waals surface area contributed by atoms with Gasteiger partial charge in [0.05, 0.1) is 0 Å². The van der Waals surface area contributed by atoms with Crippen molar-refractivity contribution in [3.63, 3.8) is 0 Å². The predicted molar refractivity (Wildman–Crippen MR) is 80.1 cm³/mol. The summed E-state index contributed by atoms with van der Waals surface area (Å²) in [6.07, 6.45) is 3.90. The Morgan fingerprint density at radius 2 is 1.68 bits per heavy atom. The zero-order valence-corrected chi connectivity index (χ0v) is 13.6. The Bertz CT molecular complexity index is 523. The highest BCUT2D eigenvalue weighted by Gasteiger charge is 2.50. The quantitative estimate of drug-likeness (QED) is 0.607. The van der Waals surface area contributed by atoms with Crippen LogP contribution in [0.15, 0.2) is 4.42 Å². The van der Waals surface area contributed by atoms with Gasteiger partial charge in [-0.15, -0.1) is 0 Å². The van der Waals surface area contributed by atoms with Crippen LogP contribution in [0.4, 0.5) is 0 Å². The minimum Gasteiger partial charge on any atom is -0.464 e. The number of rotatable bonds is 0. The molecule has 0 radical (unpaired) electrons. The number of hydrogen-bond donors (Lipinski definition) is 0. The van der Waals surface area contributed by atoms with E-state index in [-0.39, 0.29) is 16.2 Å². The van der Waals surface area contributed by atoms with Crippen LogP contribution in [0.5, 0.6) is 0 Å². The topological polar surface area (TPSA) is 13.1 Å². The van der Waals surface area contributed by atoms with Gasteiger partial charge in [-0.25, -0.2) is 0 Å².